The Bertz CT molecular complexity index is 469. The van der Waals surface area contributed by atoms with Crippen molar-refractivity contribution >= 4 is 35.7 Å². The van der Waals surface area contributed by atoms with E-state index in [0.29, 0.717) is 6.54 Å². The van der Waals surface area contributed by atoms with E-state index in [-0.39, 0.29) is 36.8 Å². The van der Waals surface area contributed by atoms with E-state index >= 15 is 0 Å². The van der Waals surface area contributed by atoms with Gasteiger partial charge in [0.25, 0.3) is 0 Å². The highest BCUT2D eigenvalue weighted by Crippen LogP contribution is 2.23. The Hall–Kier alpha value is -1.31. The largest absolute Gasteiger partial charge is 0.352 e. The number of carbonyl (C=O) groups is 2. The summed E-state index contributed by atoms with van der Waals surface area (Å²) in [6.45, 7) is 4.33. The van der Waals surface area contributed by atoms with Gasteiger partial charge in [-0.3, -0.25) is 4.79 Å². The van der Waals surface area contributed by atoms with Crippen molar-refractivity contribution in [3.63, 3.8) is 0 Å². The maximum atomic E-state index is 12.4. The molecular formula is C13H21ClN4O2S. The third kappa shape index (κ3) is 4.87. The third-order valence-corrected chi connectivity index (χ3v) is 4.39. The summed E-state index contributed by atoms with van der Waals surface area (Å²) in [6.07, 6.45) is 0.244. The fourth-order valence-corrected chi connectivity index (χ4v) is 3.17. The molecule has 6 nitrogen and oxygen atoms in total. The third-order valence-electron chi connectivity index (χ3n) is 3.40. The summed E-state index contributed by atoms with van der Waals surface area (Å²) in [5, 5.41) is 7.82. The zero-order valence-electron chi connectivity index (χ0n) is 11.9. The zero-order valence-corrected chi connectivity index (χ0v) is 13.5. The summed E-state index contributed by atoms with van der Waals surface area (Å²) in [6, 6.07) is 3.02. The SMILES string of the molecule is C[C@H]1CNCCN1C(=O)CC(NC(N)=O)c1cccs1.Cl. The van der Waals surface area contributed by atoms with Gasteiger partial charge in [0.05, 0.1) is 12.5 Å². The molecule has 0 spiro atoms. The van der Waals surface area contributed by atoms with E-state index in [1.54, 1.807) is 0 Å². The quantitative estimate of drug-likeness (QED) is 0.771. The van der Waals surface area contributed by atoms with Crippen LogP contribution >= 0.6 is 23.7 Å². The van der Waals surface area contributed by atoms with E-state index in [0.717, 1.165) is 18.0 Å². The monoisotopic (exact) mass is 332 g/mol. The Morgan fingerprint density at radius 1 is 1.62 bits per heavy atom. The normalized spacial score (nSPS) is 19.5. The Labute approximate surface area is 134 Å². The lowest BCUT2D eigenvalue weighted by Gasteiger charge is -2.34. The molecule has 0 saturated carbocycles. The van der Waals surface area contributed by atoms with Crippen molar-refractivity contribution in [3.8, 4) is 0 Å². The predicted molar refractivity (Wildman–Crippen MR) is 85.7 cm³/mol. The number of nitrogens with two attached hydrogens (primary N) is 1. The van der Waals surface area contributed by atoms with Gasteiger partial charge in [-0.1, -0.05) is 6.07 Å². The molecule has 2 atom stereocenters. The van der Waals surface area contributed by atoms with E-state index < -0.39 is 6.03 Å². The smallest absolute Gasteiger partial charge is 0.312 e. The lowest BCUT2D eigenvalue weighted by atomic mass is 10.1. The zero-order chi connectivity index (χ0) is 14.5. The molecule has 1 saturated heterocycles. The van der Waals surface area contributed by atoms with Crippen molar-refractivity contribution in [1.82, 2.24) is 15.5 Å². The second-order valence-electron chi connectivity index (χ2n) is 4.92. The fraction of sp³-hybridized carbons (Fsp3) is 0.538. The number of urea groups is 1. The Balaban J connectivity index is 0.00000220. The molecule has 0 bridgehead atoms. The van der Waals surface area contributed by atoms with Crippen LogP contribution in [0.15, 0.2) is 17.5 Å². The Morgan fingerprint density at radius 2 is 2.38 bits per heavy atom. The summed E-state index contributed by atoms with van der Waals surface area (Å²) in [4.78, 5) is 26.3. The van der Waals surface area contributed by atoms with Crippen molar-refractivity contribution < 1.29 is 9.59 Å². The van der Waals surface area contributed by atoms with E-state index in [9.17, 15) is 9.59 Å². The van der Waals surface area contributed by atoms with Crippen molar-refractivity contribution in [2.45, 2.75) is 25.4 Å². The molecular weight excluding hydrogens is 312 g/mol. The highest BCUT2D eigenvalue weighted by molar-refractivity contribution is 7.10. The number of piperazine rings is 1. The molecule has 2 rings (SSSR count). The molecule has 21 heavy (non-hydrogen) atoms. The van der Waals surface area contributed by atoms with Gasteiger partial charge < -0.3 is 21.3 Å². The molecule has 4 N–H and O–H groups in total. The van der Waals surface area contributed by atoms with Gasteiger partial charge in [-0.05, 0) is 18.4 Å². The first-order chi connectivity index (χ1) is 9.58. The summed E-state index contributed by atoms with van der Waals surface area (Å²) in [5.41, 5.74) is 5.20. The number of nitrogens with zero attached hydrogens (tertiary/aromatic N) is 1. The number of amides is 3. The second-order valence-corrected chi connectivity index (χ2v) is 5.90. The molecule has 1 aliphatic rings. The second kappa shape index (κ2) is 8.21. The number of hydrogen-bond acceptors (Lipinski definition) is 4. The summed E-state index contributed by atoms with van der Waals surface area (Å²) in [7, 11) is 0. The maximum absolute atomic E-state index is 12.4. The van der Waals surface area contributed by atoms with E-state index in [1.807, 2.05) is 29.3 Å². The lowest BCUT2D eigenvalue weighted by Crippen LogP contribution is -2.52. The number of hydrogen-bond donors (Lipinski definition) is 3. The maximum Gasteiger partial charge on any atom is 0.312 e. The molecule has 1 unspecified atom stereocenters. The Kier molecular flexibility index (Phi) is 6.94. The average Bonchev–Trinajstić information content (AvgIpc) is 2.91. The van der Waals surface area contributed by atoms with Gasteiger partial charge >= 0.3 is 6.03 Å². The van der Waals surface area contributed by atoms with Gasteiger partial charge in [-0.25, -0.2) is 4.79 Å². The van der Waals surface area contributed by atoms with Gasteiger partial charge in [0.15, 0.2) is 0 Å². The van der Waals surface area contributed by atoms with Crippen LogP contribution in [0.1, 0.15) is 24.3 Å². The molecule has 1 aliphatic heterocycles. The average molecular weight is 333 g/mol. The molecule has 118 valence electrons. The Morgan fingerprint density at radius 3 is 2.95 bits per heavy atom. The van der Waals surface area contributed by atoms with Gasteiger partial charge in [0.2, 0.25) is 5.91 Å². The van der Waals surface area contributed by atoms with Crippen LogP contribution in [0.4, 0.5) is 4.79 Å². The summed E-state index contributed by atoms with van der Waals surface area (Å²) in [5.74, 6) is 0.0474. The molecule has 3 amide bonds. The molecule has 1 aromatic heterocycles. The lowest BCUT2D eigenvalue weighted by molar-refractivity contribution is -0.134. The molecule has 1 aromatic rings. The van der Waals surface area contributed by atoms with Crippen LogP contribution < -0.4 is 16.4 Å². The predicted octanol–water partition coefficient (Wildman–Crippen LogP) is 1.09. The van der Waals surface area contributed by atoms with Crippen molar-refractivity contribution in [2.75, 3.05) is 19.6 Å². The van der Waals surface area contributed by atoms with Gasteiger partial charge in [-0.15, -0.1) is 23.7 Å². The highest BCUT2D eigenvalue weighted by atomic mass is 35.5. The molecule has 0 aromatic carbocycles. The first kappa shape index (κ1) is 17.7. The van der Waals surface area contributed by atoms with Crippen LogP contribution in [-0.4, -0.2) is 42.5 Å². The van der Waals surface area contributed by atoms with Gasteiger partial charge in [0, 0.05) is 30.6 Å². The topological polar surface area (TPSA) is 87.5 Å². The van der Waals surface area contributed by atoms with Gasteiger partial charge in [-0.2, -0.15) is 0 Å². The van der Waals surface area contributed by atoms with E-state index in [1.165, 1.54) is 11.3 Å². The van der Waals surface area contributed by atoms with Crippen LogP contribution in [0.25, 0.3) is 0 Å². The number of carbonyl (C=O) groups excluding carboxylic acids is 2. The first-order valence-corrected chi connectivity index (χ1v) is 7.55. The van der Waals surface area contributed by atoms with Crippen molar-refractivity contribution in [2.24, 2.45) is 5.73 Å². The molecule has 1 fully saturated rings. The number of thiophene rings is 1. The van der Waals surface area contributed by atoms with E-state index in [4.69, 9.17) is 5.73 Å². The van der Waals surface area contributed by atoms with Gasteiger partial charge in [0.1, 0.15) is 0 Å². The number of rotatable bonds is 4. The molecule has 0 aliphatic carbocycles. The summed E-state index contributed by atoms with van der Waals surface area (Å²) >= 11 is 1.51. The molecule has 0 radical (unpaired) electrons. The van der Waals surface area contributed by atoms with E-state index in [2.05, 4.69) is 10.6 Å². The standard InChI is InChI=1S/C13H20N4O2S.ClH/c1-9-8-15-4-5-17(9)12(18)7-10(16-13(14)19)11-3-2-6-20-11;/h2-3,6,9-10,15H,4-5,7-8H2,1H3,(H3,14,16,19);1H/t9-,10?;/m0./s1. The fourth-order valence-electron chi connectivity index (χ4n) is 2.39. The number of halogens is 1. The van der Waals surface area contributed by atoms with Crippen LogP contribution in [0.5, 0.6) is 0 Å². The summed E-state index contributed by atoms with van der Waals surface area (Å²) < 4.78 is 0. The van der Waals surface area contributed by atoms with Crippen LogP contribution in [-0.2, 0) is 4.79 Å². The van der Waals surface area contributed by atoms with Crippen molar-refractivity contribution in [3.05, 3.63) is 22.4 Å². The minimum absolute atomic E-state index is 0. The number of primary amides is 1. The number of nitrogens with one attached hydrogen (secondary N) is 2. The van der Waals surface area contributed by atoms with Crippen LogP contribution in [0.3, 0.4) is 0 Å². The van der Waals surface area contributed by atoms with Crippen LogP contribution in [0.2, 0.25) is 0 Å². The van der Waals surface area contributed by atoms with Crippen molar-refractivity contribution in [1.29, 1.82) is 0 Å². The molecule has 8 heteroatoms. The first-order valence-electron chi connectivity index (χ1n) is 6.67. The highest BCUT2D eigenvalue weighted by Gasteiger charge is 2.26. The minimum atomic E-state index is -0.607. The molecule has 2 heterocycles. The van der Waals surface area contributed by atoms with Crippen LogP contribution in [0, 0.1) is 0 Å². The minimum Gasteiger partial charge on any atom is -0.352 e.